The number of nitrogens with two attached hydrogens (primary N) is 1. The zero-order valence-corrected chi connectivity index (χ0v) is 38.3. The first kappa shape index (κ1) is 49.1. The second-order valence-electron chi connectivity index (χ2n) is 15.3. The summed E-state index contributed by atoms with van der Waals surface area (Å²) >= 11 is 0. The number of hydrogen-bond donors (Lipinski definition) is 5. The predicted octanol–water partition coefficient (Wildman–Crippen LogP) is 4.33. The molecule has 1 aliphatic rings. The first-order valence-electron chi connectivity index (χ1n) is 20.9. The molecule has 2 atom stereocenters. The summed E-state index contributed by atoms with van der Waals surface area (Å²) in [5, 5.41) is 27.6. The van der Waals surface area contributed by atoms with Gasteiger partial charge in [-0.25, -0.2) is 23.4 Å². The summed E-state index contributed by atoms with van der Waals surface area (Å²) in [7, 11) is 3.46. The summed E-state index contributed by atoms with van der Waals surface area (Å²) in [6.07, 6.45) is 5.02. The minimum Gasteiger partial charge on any atom is -0.484 e. The van der Waals surface area contributed by atoms with Gasteiger partial charge in [-0.15, -0.1) is 0 Å². The Morgan fingerprint density at radius 3 is 2.45 bits per heavy atom. The molecule has 0 aliphatic carbocycles. The Morgan fingerprint density at radius 1 is 0.957 bits per heavy atom. The number of nitrogens with one attached hydrogen (secondary N) is 3. The lowest BCUT2D eigenvalue weighted by molar-refractivity contribution is -0.141. The SMILES string of the molecule is COc1ncc(-c2ccc3nccc(-c4ccc(COC(=O)NCCS[SH+]CC(NC(=O)COc5ccc6nccc(C(=O)NCC(=O)N7CC(F)(F)C[C@H]7C#N)c6c5)C(=O)O)nc4)c3c2)cc1N. The highest BCUT2D eigenvalue weighted by molar-refractivity contribution is 8.66. The van der Waals surface area contributed by atoms with Crippen molar-refractivity contribution in [1.82, 2.24) is 40.8 Å². The molecule has 0 spiro atoms. The zero-order valence-electron chi connectivity index (χ0n) is 36.6. The average Bonchev–Trinajstić information content (AvgIpc) is 3.68. The van der Waals surface area contributed by atoms with E-state index in [4.69, 9.17) is 19.9 Å². The number of benzene rings is 2. The number of ether oxygens (including phenoxy) is 3. The van der Waals surface area contributed by atoms with Gasteiger partial charge < -0.3 is 45.9 Å². The van der Waals surface area contributed by atoms with Crippen LogP contribution in [0.5, 0.6) is 11.6 Å². The van der Waals surface area contributed by atoms with Crippen LogP contribution in [0.4, 0.5) is 19.3 Å². The number of halogens is 2. The molecule has 0 bridgehead atoms. The number of carbonyl (C=O) groups is 5. The average molecular weight is 982 g/mol. The number of hydrogen-bond acceptors (Lipinski definition) is 15. The Labute approximate surface area is 399 Å². The summed E-state index contributed by atoms with van der Waals surface area (Å²) in [5.41, 5.74) is 11.7. The number of alkyl carbamates (subject to hydrolysis) is 1. The van der Waals surface area contributed by atoms with E-state index in [0.29, 0.717) is 39.3 Å². The molecule has 23 heteroatoms. The number of nitrogens with zero attached hydrogens (tertiary/aromatic N) is 6. The molecule has 1 saturated heterocycles. The highest BCUT2D eigenvalue weighted by Gasteiger charge is 2.47. The van der Waals surface area contributed by atoms with Crippen LogP contribution in [0.15, 0.2) is 91.5 Å². The number of aromatic nitrogens is 4. The van der Waals surface area contributed by atoms with Crippen molar-refractivity contribution in [3.05, 3.63) is 103 Å². The quantitative estimate of drug-likeness (QED) is 0.0327. The lowest BCUT2D eigenvalue weighted by Crippen LogP contribution is -2.45. The Kier molecular flexibility index (Phi) is 15.9. The largest absolute Gasteiger partial charge is 0.484 e. The van der Waals surface area contributed by atoms with Gasteiger partial charge in [-0.3, -0.25) is 29.3 Å². The number of methoxy groups -OCH3 is 1. The highest BCUT2D eigenvalue weighted by atomic mass is 33.1. The third-order valence-electron chi connectivity index (χ3n) is 10.5. The van der Waals surface area contributed by atoms with E-state index in [-0.39, 0.29) is 35.6 Å². The smallest absolute Gasteiger partial charge is 0.407 e. The molecule has 0 radical (unpaired) electrons. The number of nitrogen functional groups attached to an aromatic ring is 1. The maximum atomic E-state index is 13.8. The molecule has 7 rings (SSSR count). The summed E-state index contributed by atoms with van der Waals surface area (Å²) in [4.78, 5) is 81.0. The van der Waals surface area contributed by atoms with Crippen LogP contribution in [-0.4, -0.2) is 123 Å². The molecule has 0 saturated carbocycles. The van der Waals surface area contributed by atoms with E-state index >= 15 is 0 Å². The van der Waals surface area contributed by atoms with Crippen LogP contribution in [0.1, 0.15) is 22.5 Å². The molecule has 1 aliphatic heterocycles. The Balaban J connectivity index is 0.813. The fourth-order valence-electron chi connectivity index (χ4n) is 7.16. The number of carboxylic acids is 1. The predicted molar refractivity (Wildman–Crippen MR) is 253 cm³/mol. The minimum absolute atomic E-state index is 0.0452. The van der Waals surface area contributed by atoms with Gasteiger partial charge in [0.2, 0.25) is 11.8 Å². The van der Waals surface area contributed by atoms with Crippen LogP contribution in [0.2, 0.25) is 0 Å². The fourth-order valence-corrected chi connectivity index (χ4v) is 9.40. The molecular formula is C46H43F2N10O9S2+. The Hall–Kier alpha value is -7.84. The number of rotatable bonds is 19. The summed E-state index contributed by atoms with van der Waals surface area (Å²) < 4.78 is 43.7. The maximum Gasteiger partial charge on any atom is 0.407 e. The number of anilines is 1. The number of likely N-dealkylation sites (tertiary alicyclic amines) is 1. The van der Waals surface area contributed by atoms with Gasteiger partial charge in [0, 0.05) is 70.4 Å². The second kappa shape index (κ2) is 22.3. The number of amides is 4. The van der Waals surface area contributed by atoms with E-state index in [2.05, 4.69) is 35.9 Å². The standard InChI is InChI=1S/C46H42F2N10O9S2/c1-65-43-36(50)15-28(20-56-43)26-3-6-37-34(14-26)32(8-10-51-37)27-2-4-29(54-19-27)22-67-45(64)53-12-13-68-69-24-39(44(62)63)57-40(59)23-66-31-5-7-38-35(16-31)33(9-11-52-38)42(61)55-21-41(60)58-25-46(47,48)17-30(58)18-49/h2-11,14-16,19-20,30,39H,12-13,17,21-25,50H2,1H3,(H,53,64)(H,55,61)(H,57,59)(H,62,63)/p+1/t30-,39?/m0/s1. The molecule has 2 aromatic carbocycles. The molecule has 6 N–H and O–H groups in total. The van der Waals surface area contributed by atoms with Crippen LogP contribution in [-0.2, 0) is 36.5 Å². The zero-order chi connectivity index (χ0) is 49.1. The van der Waals surface area contributed by atoms with Crippen molar-refractivity contribution in [2.75, 3.05) is 50.6 Å². The van der Waals surface area contributed by atoms with E-state index in [1.54, 1.807) is 36.8 Å². The number of carboxylic acid groups (broad SMARTS) is 1. The first-order valence-corrected chi connectivity index (χ1v) is 23.6. The van der Waals surface area contributed by atoms with Gasteiger partial charge in [-0.1, -0.05) is 12.1 Å². The van der Waals surface area contributed by atoms with E-state index < -0.39 is 73.9 Å². The highest BCUT2D eigenvalue weighted by Crippen LogP contribution is 2.34. The molecule has 6 aromatic rings. The second-order valence-corrected chi connectivity index (χ2v) is 18.1. The van der Waals surface area contributed by atoms with Crippen molar-refractivity contribution >= 4 is 78.9 Å². The van der Waals surface area contributed by atoms with Gasteiger partial charge in [0.1, 0.15) is 24.2 Å². The van der Waals surface area contributed by atoms with Gasteiger partial charge >= 0.3 is 12.1 Å². The third kappa shape index (κ3) is 12.6. The fraction of sp³-hybridized carbons (Fsp3) is 0.261. The van der Waals surface area contributed by atoms with Crippen molar-refractivity contribution < 1.29 is 52.1 Å². The molecule has 356 valence electrons. The van der Waals surface area contributed by atoms with Gasteiger partial charge in [-0.2, -0.15) is 5.26 Å². The normalized spacial score (nSPS) is 14.3. The molecular weight excluding hydrogens is 939 g/mol. The van der Waals surface area contributed by atoms with Crippen LogP contribution in [0, 0.1) is 11.3 Å². The molecule has 69 heavy (non-hydrogen) atoms. The van der Waals surface area contributed by atoms with Gasteiger partial charge in [0.15, 0.2) is 12.6 Å². The van der Waals surface area contributed by atoms with Gasteiger partial charge in [0.05, 0.1) is 70.8 Å². The molecule has 1 fully saturated rings. The number of alkyl halides is 2. The first-order chi connectivity index (χ1) is 33.2. The molecule has 4 amide bonds. The lowest BCUT2D eigenvalue weighted by Gasteiger charge is -2.19. The summed E-state index contributed by atoms with van der Waals surface area (Å²) in [5.74, 6) is -5.79. The van der Waals surface area contributed by atoms with Crippen LogP contribution in [0.25, 0.3) is 44.1 Å². The minimum atomic E-state index is -3.21. The van der Waals surface area contributed by atoms with E-state index in [1.165, 1.54) is 48.4 Å². The van der Waals surface area contributed by atoms with Crippen LogP contribution >= 0.6 is 10.8 Å². The number of aliphatic carboxylic acids is 1. The molecule has 4 aromatic heterocycles. The van der Waals surface area contributed by atoms with Crippen molar-refractivity contribution in [2.24, 2.45) is 0 Å². The number of nitriles is 1. The van der Waals surface area contributed by atoms with Crippen molar-refractivity contribution in [3.63, 3.8) is 0 Å². The van der Waals surface area contributed by atoms with Gasteiger partial charge in [-0.05, 0) is 65.7 Å². The molecule has 19 nitrogen and oxygen atoms in total. The monoisotopic (exact) mass is 981 g/mol. The lowest BCUT2D eigenvalue weighted by atomic mass is 9.98. The maximum absolute atomic E-state index is 13.8. The van der Waals surface area contributed by atoms with Crippen LogP contribution in [0.3, 0.4) is 0 Å². The summed E-state index contributed by atoms with van der Waals surface area (Å²) in [6.45, 7) is -1.97. The van der Waals surface area contributed by atoms with Crippen molar-refractivity contribution in [1.29, 1.82) is 5.26 Å². The Morgan fingerprint density at radius 2 is 1.71 bits per heavy atom. The van der Waals surface area contributed by atoms with Crippen molar-refractivity contribution in [2.45, 2.75) is 31.0 Å². The third-order valence-corrected chi connectivity index (χ3v) is 13.2. The number of carbonyl (C=O) groups excluding carboxylic acids is 4. The number of thiol groups is 1. The number of pyridine rings is 4. The molecule has 1 unspecified atom stereocenters. The van der Waals surface area contributed by atoms with E-state index in [9.17, 15) is 43.1 Å². The summed E-state index contributed by atoms with van der Waals surface area (Å²) in [6, 6.07) is 18.2. The van der Waals surface area contributed by atoms with Crippen LogP contribution < -0.4 is 31.2 Å². The molecule has 5 heterocycles. The topological polar surface area (TPSA) is 274 Å². The van der Waals surface area contributed by atoms with E-state index in [0.717, 1.165) is 38.1 Å². The Bertz CT molecular complexity index is 2950. The van der Waals surface area contributed by atoms with E-state index in [1.807, 2.05) is 30.3 Å². The van der Waals surface area contributed by atoms with Crippen molar-refractivity contribution in [3.8, 4) is 40.0 Å². The van der Waals surface area contributed by atoms with Gasteiger partial charge in [0.25, 0.3) is 17.7 Å². The number of fused-ring (bicyclic) bond motifs is 2.